The van der Waals surface area contributed by atoms with Gasteiger partial charge in [-0.25, -0.2) is 0 Å². The fourth-order valence-corrected chi connectivity index (χ4v) is 9.59. The summed E-state index contributed by atoms with van der Waals surface area (Å²) in [6.07, 6.45) is -42.1. The second kappa shape index (κ2) is 31.8. The third kappa shape index (κ3) is 17.2. The van der Waals surface area contributed by atoms with Gasteiger partial charge in [-0.05, 0) is 12.8 Å². The highest BCUT2D eigenvalue weighted by Crippen LogP contribution is 2.36. The number of carbonyl (C=O) groups excluding carboxylic acids is 4. The van der Waals surface area contributed by atoms with E-state index in [2.05, 4.69) is 33.9 Å². The number of rotatable bonds is 27. The molecule has 33 nitrogen and oxygen atoms in total. The number of hydrogen-bond donors (Lipinski definition) is 20. The fourth-order valence-electron chi connectivity index (χ4n) is 9.48. The van der Waals surface area contributed by atoms with Crippen molar-refractivity contribution in [3.8, 4) is 0 Å². The molecular formula is C45H78N4O29S. The van der Waals surface area contributed by atoms with Crippen molar-refractivity contribution in [1.29, 1.82) is 0 Å². The van der Waals surface area contributed by atoms with Gasteiger partial charge in [0.25, 0.3) is 0 Å². The van der Waals surface area contributed by atoms with Crippen molar-refractivity contribution >= 4 is 36.3 Å². The standard InChI is InChI=1S/C45H78N4O29S/c1-16(55)48-18(40(68)47-15-46-24(57)14-79)7-5-3-4-6-8-69-42-33(65)30(62)36(22(12-53)73-42)75-44-34(66)31(63)37(23(13-54)74-44)76-45-35(67)39(28(60)21(11-52)72-45)78-41-25(49-17(2)56)38(27(59)20(10-51)70-41)77-43-32(64)29(61)26(58)19(9-50)71-43/h18-23,25-39,41-45,50-54,58-67,79H,3-15H2,1-2H3,(H,46,57)(H,47,68)(H,48,55)(H,49,56)/t18-,19?,20?,21?,22?,23?,25?,26?,27?,28?,29?,30?,31?,32?,33?,34?,35?,36?,37?,38?,39?,41?,42?,43?,44?,45?/m0/s1. The molecule has 0 aromatic carbocycles. The second-order valence-electron chi connectivity index (χ2n) is 19.5. The van der Waals surface area contributed by atoms with E-state index in [-0.39, 0.29) is 25.4 Å². The van der Waals surface area contributed by atoms with Crippen LogP contribution in [-0.2, 0) is 66.5 Å². The molecule has 0 bridgehead atoms. The van der Waals surface area contributed by atoms with Crippen LogP contribution in [0.25, 0.3) is 0 Å². The SMILES string of the molecule is CC(=O)NC1C(OC2C(O)C(CO)OC(OC3C(CO)OC(OC4C(CO)OC(OCCCCCC[C@H](NC(C)=O)C(=O)NCNC(=O)CS)C(O)C4O)C(O)C3O)C2O)OC(CO)C(O)C1OC1OC(CO)C(O)C(O)C1O. The number of ether oxygens (including phenoxy) is 10. The summed E-state index contributed by atoms with van der Waals surface area (Å²) in [6, 6.07) is -2.56. The van der Waals surface area contributed by atoms with Gasteiger partial charge in [-0.2, -0.15) is 12.6 Å². The van der Waals surface area contributed by atoms with Crippen molar-refractivity contribution < 1.29 is 143 Å². The van der Waals surface area contributed by atoms with Crippen LogP contribution in [0, 0.1) is 0 Å². The Hall–Kier alpha value is -2.77. The first-order chi connectivity index (χ1) is 37.5. The van der Waals surface area contributed by atoms with Crippen LogP contribution in [0.15, 0.2) is 0 Å². The Labute approximate surface area is 457 Å². The first kappa shape index (κ1) is 67.0. The van der Waals surface area contributed by atoms with Crippen molar-refractivity contribution in [2.24, 2.45) is 0 Å². The molecule has 5 saturated heterocycles. The molecule has 0 aromatic heterocycles. The Morgan fingerprint density at radius 2 is 0.911 bits per heavy atom. The third-order valence-corrected chi connectivity index (χ3v) is 14.0. The number of thiol groups is 1. The number of carbonyl (C=O) groups is 4. The molecule has 26 atom stereocenters. The lowest BCUT2D eigenvalue weighted by Gasteiger charge is -2.50. The van der Waals surface area contributed by atoms with Gasteiger partial charge in [0.1, 0.15) is 128 Å². The predicted octanol–water partition coefficient (Wildman–Crippen LogP) is -11.2. The molecular weight excluding hydrogens is 1090 g/mol. The quantitative estimate of drug-likeness (QED) is 0.0206. The summed E-state index contributed by atoms with van der Waals surface area (Å²) in [5, 5.41) is 171. The summed E-state index contributed by atoms with van der Waals surface area (Å²) in [4.78, 5) is 48.2. The number of unbranched alkanes of at least 4 members (excludes halogenated alkanes) is 3. The summed E-state index contributed by atoms with van der Waals surface area (Å²) >= 11 is 3.84. The normalized spacial score (nSPS) is 41.2. The monoisotopic (exact) mass is 1170 g/mol. The van der Waals surface area contributed by atoms with E-state index >= 15 is 0 Å². The average molecular weight is 1170 g/mol. The third-order valence-electron chi connectivity index (χ3n) is 13.8. The van der Waals surface area contributed by atoms with Crippen molar-refractivity contribution in [2.75, 3.05) is 52.1 Å². The summed E-state index contributed by atoms with van der Waals surface area (Å²) in [7, 11) is 0. The zero-order valence-electron chi connectivity index (χ0n) is 43.1. The Morgan fingerprint density at radius 3 is 1.44 bits per heavy atom. The van der Waals surface area contributed by atoms with E-state index in [1.807, 2.05) is 0 Å². The van der Waals surface area contributed by atoms with E-state index in [1.54, 1.807) is 0 Å². The molecule has 25 unspecified atom stereocenters. The molecule has 34 heteroatoms. The maximum absolute atomic E-state index is 12.6. The lowest BCUT2D eigenvalue weighted by atomic mass is 9.94. The van der Waals surface area contributed by atoms with Crippen LogP contribution in [0.2, 0.25) is 0 Å². The fraction of sp³-hybridized carbons (Fsp3) is 0.911. The molecule has 5 heterocycles. The Kier molecular flexibility index (Phi) is 27.0. The summed E-state index contributed by atoms with van der Waals surface area (Å²) in [5.74, 6) is -2.22. The first-order valence-electron chi connectivity index (χ1n) is 25.6. The molecule has 0 saturated carbocycles. The van der Waals surface area contributed by atoms with Gasteiger partial charge in [0.15, 0.2) is 31.5 Å². The van der Waals surface area contributed by atoms with Crippen LogP contribution < -0.4 is 21.3 Å². The average Bonchev–Trinajstić information content (AvgIpc) is 3.52. The van der Waals surface area contributed by atoms with Gasteiger partial charge in [0.05, 0.1) is 45.5 Å². The smallest absolute Gasteiger partial charge is 0.243 e. The van der Waals surface area contributed by atoms with Gasteiger partial charge in [0, 0.05) is 20.5 Å². The molecule has 0 aliphatic carbocycles. The molecule has 0 radical (unpaired) electrons. The number of aliphatic hydroxyl groups excluding tert-OH is 15. The molecule has 0 aromatic rings. The van der Waals surface area contributed by atoms with Crippen LogP contribution >= 0.6 is 12.6 Å². The van der Waals surface area contributed by atoms with Crippen LogP contribution in [0.3, 0.4) is 0 Å². The maximum atomic E-state index is 12.6. The number of hydrogen-bond acceptors (Lipinski definition) is 30. The number of aliphatic hydroxyl groups is 15. The van der Waals surface area contributed by atoms with E-state index in [4.69, 9.17) is 47.4 Å². The van der Waals surface area contributed by atoms with Crippen molar-refractivity contribution in [2.45, 2.75) is 205 Å². The molecule has 19 N–H and O–H groups in total. The lowest BCUT2D eigenvalue weighted by Crippen LogP contribution is -2.70. The lowest BCUT2D eigenvalue weighted by molar-refractivity contribution is -0.389. The molecule has 5 fully saturated rings. The van der Waals surface area contributed by atoms with Crippen molar-refractivity contribution in [3.63, 3.8) is 0 Å². The minimum absolute atomic E-state index is 0.0106. The van der Waals surface area contributed by atoms with Gasteiger partial charge in [-0.15, -0.1) is 0 Å². The predicted molar refractivity (Wildman–Crippen MR) is 258 cm³/mol. The minimum Gasteiger partial charge on any atom is -0.394 e. The molecule has 458 valence electrons. The Balaban J connectivity index is 1.19. The van der Waals surface area contributed by atoms with Gasteiger partial charge in [-0.1, -0.05) is 19.3 Å². The topological polar surface area (TPSA) is 512 Å². The number of nitrogens with one attached hydrogen (secondary N) is 4. The zero-order chi connectivity index (χ0) is 58.4. The van der Waals surface area contributed by atoms with Crippen LogP contribution in [-0.4, -0.2) is 312 Å². The second-order valence-corrected chi connectivity index (χ2v) is 19.8. The molecule has 5 aliphatic rings. The summed E-state index contributed by atoms with van der Waals surface area (Å²) in [6.45, 7) is -2.56. The molecule has 4 amide bonds. The molecule has 5 aliphatic heterocycles. The van der Waals surface area contributed by atoms with Gasteiger partial charge >= 0.3 is 0 Å². The van der Waals surface area contributed by atoms with Gasteiger partial charge in [-0.3, -0.25) is 19.2 Å². The van der Waals surface area contributed by atoms with Crippen LogP contribution in [0.5, 0.6) is 0 Å². The Morgan fingerprint density at radius 1 is 0.468 bits per heavy atom. The number of amides is 4. The van der Waals surface area contributed by atoms with E-state index in [1.165, 1.54) is 6.92 Å². The van der Waals surface area contributed by atoms with Gasteiger partial charge < -0.3 is 145 Å². The highest BCUT2D eigenvalue weighted by molar-refractivity contribution is 7.81. The molecule has 79 heavy (non-hydrogen) atoms. The van der Waals surface area contributed by atoms with Gasteiger partial charge in [0.2, 0.25) is 23.6 Å². The van der Waals surface area contributed by atoms with E-state index < -0.39 is 216 Å². The highest BCUT2D eigenvalue weighted by atomic mass is 32.1. The van der Waals surface area contributed by atoms with Crippen molar-refractivity contribution in [3.05, 3.63) is 0 Å². The van der Waals surface area contributed by atoms with Crippen LogP contribution in [0.4, 0.5) is 0 Å². The minimum atomic E-state index is -2.18. The van der Waals surface area contributed by atoms with Crippen LogP contribution in [0.1, 0.15) is 46.0 Å². The molecule has 5 rings (SSSR count). The first-order valence-corrected chi connectivity index (χ1v) is 26.2. The molecule has 0 spiro atoms. The Bertz CT molecular complexity index is 1890. The maximum Gasteiger partial charge on any atom is 0.243 e. The van der Waals surface area contributed by atoms with E-state index in [0.717, 1.165) is 6.92 Å². The largest absolute Gasteiger partial charge is 0.394 e. The van der Waals surface area contributed by atoms with E-state index in [9.17, 15) is 95.8 Å². The highest BCUT2D eigenvalue weighted by Gasteiger charge is 2.57. The summed E-state index contributed by atoms with van der Waals surface area (Å²) in [5.41, 5.74) is 0. The van der Waals surface area contributed by atoms with Crippen molar-refractivity contribution in [1.82, 2.24) is 21.3 Å². The van der Waals surface area contributed by atoms with E-state index in [0.29, 0.717) is 25.7 Å². The zero-order valence-corrected chi connectivity index (χ0v) is 44.0. The summed E-state index contributed by atoms with van der Waals surface area (Å²) < 4.78 is 57.2.